The third kappa shape index (κ3) is 3.31. The van der Waals surface area contributed by atoms with Crippen LogP contribution in [0.25, 0.3) is 6.08 Å². The molecule has 1 aromatic carbocycles. The van der Waals surface area contributed by atoms with E-state index >= 15 is 0 Å². The fourth-order valence-electron chi connectivity index (χ4n) is 1.76. The second-order valence-corrected chi connectivity index (χ2v) is 5.99. The first-order valence-electron chi connectivity index (χ1n) is 5.83. The average molecular weight is 372 g/mol. The Labute approximate surface area is 132 Å². The molecular weight excluding hydrogens is 362 g/mol. The number of hydrogen-bond acceptors (Lipinski definition) is 6. The van der Waals surface area contributed by atoms with Crippen molar-refractivity contribution in [3.63, 3.8) is 0 Å². The number of carbonyl (C=O) groups is 2. The maximum Gasteiger partial charge on any atom is 0.293 e. The van der Waals surface area contributed by atoms with Crippen molar-refractivity contribution >= 4 is 50.6 Å². The van der Waals surface area contributed by atoms with Gasteiger partial charge in [0.2, 0.25) is 0 Å². The van der Waals surface area contributed by atoms with Gasteiger partial charge in [0.05, 0.1) is 15.4 Å². The van der Waals surface area contributed by atoms with Crippen LogP contribution < -0.4 is 5.73 Å². The normalized spacial score (nSPS) is 16.9. The smallest absolute Gasteiger partial charge is 0.293 e. The minimum Gasteiger partial charge on any atom is -0.329 e. The van der Waals surface area contributed by atoms with Crippen molar-refractivity contribution in [1.82, 2.24) is 4.90 Å². The van der Waals surface area contributed by atoms with Crippen LogP contribution in [0.2, 0.25) is 0 Å². The Kier molecular flexibility index (Phi) is 4.76. The second kappa shape index (κ2) is 6.37. The summed E-state index contributed by atoms with van der Waals surface area (Å²) >= 11 is 3.91. The molecule has 1 aliphatic heterocycles. The van der Waals surface area contributed by atoms with E-state index in [-0.39, 0.29) is 29.2 Å². The van der Waals surface area contributed by atoms with Crippen LogP contribution in [-0.2, 0) is 4.79 Å². The number of nitro groups is 1. The van der Waals surface area contributed by atoms with Crippen molar-refractivity contribution < 1.29 is 14.5 Å². The van der Waals surface area contributed by atoms with Gasteiger partial charge in [-0.3, -0.25) is 24.6 Å². The van der Waals surface area contributed by atoms with E-state index in [1.807, 2.05) is 0 Å². The molecule has 0 aromatic heterocycles. The topological polar surface area (TPSA) is 107 Å². The van der Waals surface area contributed by atoms with E-state index in [9.17, 15) is 19.7 Å². The van der Waals surface area contributed by atoms with Crippen molar-refractivity contribution in [1.29, 1.82) is 0 Å². The largest absolute Gasteiger partial charge is 0.329 e. The molecule has 9 heteroatoms. The number of benzene rings is 1. The van der Waals surface area contributed by atoms with Gasteiger partial charge in [0.25, 0.3) is 16.8 Å². The van der Waals surface area contributed by atoms with E-state index in [0.29, 0.717) is 4.47 Å². The SMILES string of the molecule is NCCN1C(=O)S/C(=C/c2ccc(Br)cc2[N+](=O)[O-])C1=O. The first kappa shape index (κ1) is 15.7. The third-order valence-corrected chi connectivity index (χ3v) is 4.10. The predicted molar refractivity (Wildman–Crippen MR) is 82.5 cm³/mol. The number of imide groups is 1. The predicted octanol–water partition coefficient (Wildman–Crippen LogP) is 2.35. The van der Waals surface area contributed by atoms with Gasteiger partial charge in [0.15, 0.2) is 0 Å². The number of carbonyl (C=O) groups excluding carboxylic acids is 2. The molecule has 0 unspecified atom stereocenters. The fraction of sp³-hybridized carbons (Fsp3) is 0.167. The third-order valence-electron chi connectivity index (χ3n) is 2.70. The monoisotopic (exact) mass is 371 g/mol. The minimum atomic E-state index is -0.541. The highest BCUT2D eigenvalue weighted by molar-refractivity contribution is 9.10. The lowest BCUT2D eigenvalue weighted by atomic mass is 10.1. The van der Waals surface area contributed by atoms with Crippen molar-refractivity contribution in [2.24, 2.45) is 5.73 Å². The molecule has 0 aliphatic carbocycles. The van der Waals surface area contributed by atoms with Gasteiger partial charge in [0, 0.05) is 23.6 Å². The number of hydrogen-bond donors (Lipinski definition) is 1. The van der Waals surface area contributed by atoms with Crippen LogP contribution in [0.4, 0.5) is 10.5 Å². The maximum absolute atomic E-state index is 12.0. The quantitative estimate of drug-likeness (QED) is 0.494. The molecule has 1 heterocycles. The molecule has 0 radical (unpaired) electrons. The van der Waals surface area contributed by atoms with E-state index in [1.165, 1.54) is 18.2 Å². The Balaban J connectivity index is 2.39. The molecule has 0 saturated carbocycles. The molecule has 1 aromatic rings. The highest BCUT2D eigenvalue weighted by Gasteiger charge is 2.34. The van der Waals surface area contributed by atoms with Gasteiger partial charge >= 0.3 is 0 Å². The lowest BCUT2D eigenvalue weighted by Gasteiger charge is -2.09. The summed E-state index contributed by atoms with van der Waals surface area (Å²) in [5.41, 5.74) is 5.46. The molecule has 2 rings (SSSR count). The summed E-state index contributed by atoms with van der Waals surface area (Å²) in [5, 5.41) is 10.6. The second-order valence-electron chi connectivity index (χ2n) is 4.08. The minimum absolute atomic E-state index is 0.129. The van der Waals surface area contributed by atoms with Crippen LogP contribution >= 0.6 is 27.7 Å². The van der Waals surface area contributed by atoms with E-state index in [1.54, 1.807) is 6.07 Å². The molecule has 21 heavy (non-hydrogen) atoms. The summed E-state index contributed by atoms with van der Waals surface area (Å²) in [7, 11) is 0. The zero-order valence-electron chi connectivity index (χ0n) is 10.6. The first-order chi connectivity index (χ1) is 9.93. The molecule has 0 spiro atoms. The Morgan fingerprint density at radius 1 is 1.43 bits per heavy atom. The van der Waals surface area contributed by atoms with Gasteiger partial charge < -0.3 is 5.73 Å². The summed E-state index contributed by atoms with van der Waals surface area (Å²) in [4.78, 5) is 35.4. The average Bonchev–Trinajstić information content (AvgIpc) is 2.68. The molecule has 1 aliphatic rings. The van der Waals surface area contributed by atoms with Gasteiger partial charge in [-0.25, -0.2) is 0 Å². The van der Waals surface area contributed by atoms with Gasteiger partial charge in [-0.2, -0.15) is 0 Å². The number of thioether (sulfide) groups is 1. The van der Waals surface area contributed by atoms with Crippen LogP contribution in [0.5, 0.6) is 0 Å². The summed E-state index contributed by atoms with van der Waals surface area (Å²) < 4.78 is 0.558. The number of halogens is 1. The van der Waals surface area contributed by atoms with E-state index in [0.717, 1.165) is 16.7 Å². The number of nitrogens with two attached hydrogens (primary N) is 1. The van der Waals surface area contributed by atoms with E-state index in [4.69, 9.17) is 5.73 Å². The summed E-state index contributed by atoms with van der Waals surface area (Å²) in [6.07, 6.45) is 1.35. The molecule has 7 nitrogen and oxygen atoms in total. The summed E-state index contributed by atoms with van der Waals surface area (Å²) in [5.74, 6) is -0.479. The van der Waals surface area contributed by atoms with E-state index < -0.39 is 16.1 Å². The van der Waals surface area contributed by atoms with Crippen LogP contribution in [0.1, 0.15) is 5.56 Å². The Morgan fingerprint density at radius 2 is 2.14 bits per heavy atom. The zero-order valence-corrected chi connectivity index (χ0v) is 13.0. The molecule has 0 atom stereocenters. The fourth-order valence-corrected chi connectivity index (χ4v) is 2.97. The summed E-state index contributed by atoms with van der Waals surface area (Å²) in [6, 6.07) is 4.48. The Hall–Kier alpha value is -1.71. The van der Waals surface area contributed by atoms with Crippen LogP contribution in [0, 0.1) is 10.1 Å². The highest BCUT2D eigenvalue weighted by Crippen LogP contribution is 2.34. The Bertz CT molecular complexity index is 662. The molecular formula is C12H10BrN3O4S. The van der Waals surface area contributed by atoms with Gasteiger partial charge in [-0.05, 0) is 30.0 Å². The standard InChI is InChI=1S/C12H10BrN3O4S/c13-8-2-1-7(9(6-8)16(19)20)5-10-11(17)15(4-3-14)12(18)21-10/h1-2,5-6H,3-4,14H2/b10-5+. The Morgan fingerprint density at radius 3 is 2.76 bits per heavy atom. The van der Waals surface area contributed by atoms with Crippen molar-refractivity contribution in [2.75, 3.05) is 13.1 Å². The van der Waals surface area contributed by atoms with E-state index in [2.05, 4.69) is 15.9 Å². The maximum atomic E-state index is 12.0. The van der Waals surface area contributed by atoms with Gasteiger partial charge in [-0.1, -0.05) is 15.9 Å². The number of rotatable bonds is 4. The van der Waals surface area contributed by atoms with Crippen LogP contribution in [-0.4, -0.2) is 34.1 Å². The molecule has 110 valence electrons. The zero-order chi connectivity index (χ0) is 15.6. The number of amides is 2. The molecule has 0 bridgehead atoms. The molecule has 2 N–H and O–H groups in total. The molecule has 1 saturated heterocycles. The highest BCUT2D eigenvalue weighted by atomic mass is 79.9. The lowest BCUT2D eigenvalue weighted by Crippen LogP contribution is -2.33. The summed E-state index contributed by atoms with van der Waals surface area (Å²) in [6.45, 7) is 0.300. The van der Waals surface area contributed by atoms with Gasteiger partial charge in [-0.15, -0.1) is 0 Å². The van der Waals surface area contributed by atoms with Crippen molar-refractivity contribution in [2.45, 2.75) is 0 Å². The van der Waals surface area contributed by atoms with Crippen molar-refractivity contribution in [3.05, 3.63) is 43.3 Å². The van der Waals surface area contributed by atoms with Crippen LogP contribution in [0.15, 0.2) is 27.6 Å². The first-order valence-corrected chi connectivity index (χ1v) is 7.44. The number of nitro benzene ring substituents is 1. The molecule has 1 fully saturated rings. The lowest BCUT2D eigenvalue weighted by molar-refractivity contribution is -0.385. The van der Waals surface area contributed by atoms with Gasteiger partial charge in [0.1, 0.15) is 0 Å². The van der Waals surface area contributed by atoms with Crippen molar-refractivity contribution in [3.8, 4) is 0 Å². The van der Waals surface area contributed by atoms with Crippen LogP contribution in [0.3, 0.4) is 0 Å². The molecule has 2 amide bonds. The number of nitrogens with zero attached hydrogens (tertiary/aromatic N) is 2.